The molecule has 0 spiro atoms. The van der Waals surface area contributed by atoms with Crippen molar-refractivity contribution in [2.24, 2.45) is 0 Å². The Morgan fingerprint density at radius 1 is 1.83 bits per heavy atom. The van der Waals surface area contributed by atoms with Crippen LogP contribution in [-0.2, 0) is 9.53 Å². The van der Waals surface area contributed by atoms with E-state index in [4.69, 9.17) is 9.84 Å². The highest BCUT2D eigenvalue weighted by Gasteiger charge is 2.08. The minimum Gasteiger partial charge on any atom is -0.460 e. The molecular formula is C7H11BrO3S. The highest BCUT2D eigenvalue weighted by Crippen LogP contribution is 1.99. The first-order chi connectivity index (χ1) is 5.61. The Morgan fingerprint density at radius 3 is 2.83 bits per heavy atom. The van der Waals surface area contributed by atoms with E-state index in [1.54, 1.807) is 6.92 Å². The first-order valence-electron chi connectivity index (χ1n) is 3.34. The van der Waals surface area contributed by atoms with Gasteiger partial charge in [0.25, 0.3) is 0 Å². The Bertz CT molecular complexity index is 181. The van der Waals surface area contributed by atoms with Crippen LogP contribution in [-0.4, -0.2) is 29.1 Å². The van der Waals surface area contributed by atoms with E-state index in [2.05, 4.69) is 28.6 Å². The number of carbonyl (C=O) groups excluding carboxylic acids is 1. The van der Waals surface area contributed by atoms with Crippen LogP contribution < -0.4 is 0 Å². The van der Waals surface area contributed by atoms with E-state index in [1.807, 2.05) is 0 Å². The van der Waals surface area contributed by atoms with Gasteiger partial charge in [-0.25, -0.2) is 4.79 Å². The SMILES string of the molecule is C/C(=C\S)C(=O)OCC(O)CBr. The molecule has 0 aromatic rings. The summed E-state index contributed by atoms with van der Waals surface area (Å²) in [4.78, 5) is 10.9. The highest BCUT2D eigenvalue weighted by atomic mass is 79.9. The Hall–Kier alpha value is -0.0000000000000000555. The van der Waals surface area contributed by atoms with Crippen molar-refractivity contribution >= 4 is 34.5 Å². The third-order valence-corrected chi connectivity index (χ3v) is 2.24. The van der Waals surface area contributed by atoms with Crippen LogP contribution in [0.4, 0.5) is 0 Å². The maximum absolute atomic E-state index is 10.9. The summed E-state index contributed by atoms with van der Waals surface area (Å²) in [6.07, 6.45) is -0.651. The zero-order valence-electron chi connectivity index (χ0n) is 6.66. The van der Waals surface area contributed by atoms with Crippen LogP contribution in [0.3, 0.4) is 0 Å². The molecule has 0 saturated carbocycles. The van der Waals surface area contributed by atoms with Crippen molar-refractivity contribution in [3.05, 3.63) is 11.0 Å². The number of halogens is 1. The van der Waals surface area contributed by atoms with Crippen molar-refractivity contribution in [1.29, 1.82) is 0 Å². The lowest BCUT2D eigenvalue weighted by Gasteiger charge is -2.07. The number of thiol groups is 1. The summed E-state index contributed by atoms with van der Waals surface area (Å²) in [6, 6.07) is 0. The normalized spacial score (nSPS) is 14.2. The lowest BCUT2D eigenvalue weighted by molar-refractivity contribution is -0.141. The summed E-state index contributed by atoms with van der Waals surface area (Å²) in [5, 5.41) is 10.8. The molecule has 1 atom stereocenters. The lowest BCUT2D eigenvalue weighted by atomic mass is 10.3. The van der Waals surface area contributed by atoms with Gasteiger partial charge in [-0.2, -0.15) is 12.6 Å². The summed E-state index contributed by atoms with van der Waals surface area (Å²) in [5.74, 6) is -0.454. The number of carbonyl (C=O) groups is 1. The van der Waals surface area contributed by atoms with Gasteiger partial charge in [0.1, 0.15) is 6.61 Å². The number of ether oxygens (including phenoxy) is 1. The van der Waals surface area contributed by atoms with Crippen LogP contribution in [0.15, 0.2) is 11.0 Å². The third kappa shape index (κ3) is 4.79. The quantitative estimate of drug-likeness (QED) is 0.342. The van der Waals surface area contributed by atoms with E-state index in [9.17, 15) is 4.79 Å². The van der Waals surface area contributed by atoms with Crippen molar-refractivity contribution in [2.75, 3.05) is 11.9 Å². The fourth-order valence-corrected chi connectivity index (χ4v) is 0.675. The first-order valence-corrected chi connectivity index (χ1v) is 4.97. The topological polar surface area (TPSA) is 46.5 Å². The van der Waals surface area contributed by atoms with Crippen LogP contribution in [0.2, 0.25) is 0 Å². The molecule has 0 aliphatic rings. The van der Waals surface area contributed by atoms with Crippen molar-refractivity contribution < 1.29 is 14.6 Å². The zero-order valence-corrected chi connectivity index (χ0v) is 9.14. The predicted octanol–water partition coefficient (Wildman–Crippen LogP) is 1.12. The molecule has 0 aromatic heterocycles. The molecule has 0 aromatic carbocycles. The molecule has 1 unspecified atom stereocenters. The van der Waals surface area contributed by atoms with Gasteiger partial charge in [-0.1, -0.05) is 15.9 Å². The maximum Gasteiger partial charge on any atom is 0.334 e. The molecule has 0 bridgehead atoms. The lowest BCUT2D eigenvalue weighted by Crippen LogP contribution is -2.19. The van der Waals surface area contributed by atoms with Gasteiger partial charge in [0.05, 0.1) is 6.10 Å². The summed E-state index contributed by atoms with van der Waals surface area (Å²) in [6.45, 7) is 1.60. The van der Waals surface area contributed by atoms with Crippen molar-refractivity contribution in [3.8, 4) is 0 Å². The summed E-state index contributed by atoms with van der Waals surface area (Å²) in [5.41, 5.74) is 0.417. The molecule has 70 valence electrons. The Balaban J connectivity index is 3.72. The molecule has 0 fully saturated rings. The standard InChI is InChI=1S/C7H11BrO3S/c1-5(4-12)7(10)11-3-6(9)2-8/h4,6,9,12H,2-3H2,1H3/b5-4+. The number of aliphatic hydroxyl groups excluding tert-OH is 1. The molecule has 0 amide bonds. The molecule has 1 N–H and O–H groups in total. The Morgan fingerprint density at radius 2 is 2.42 bits per heavy atom. The Labute approximate surface area is 85.3 Å². The number of hydrogen-bond donors (Lipinski definition) is 2. The smallest absolute Gasteiger partial charge is 0.334 e. The minimum atomic E-state index is -0.651. The molecule has 0 aliphatic carbocycles. The van der Waals surface area contributed by atoms with Crippen molar-refractivity contribution in [1.82, 2.24) is 0 Å². The molecule has 0 saturated heterocycles. The van der Waals surface area contributed by atoms with Crippen LogP contribution in [0, 0.1) is 0 Å². The fourth-order valence-electron chi connectivity index (χ4n) is 0.383. The van der Waals surface area contributed by atoms with Gasteiger partial charge in [0.2, 0.25) is 0 Å². The second-order valence-corrected chi connectivity index (χ2v) is 3.12. The van der Waals surface area contributed by atoms with Gasteiger partial charge in [0.15, 0.2) is 0 Å². The number of alkyl halides is 1. The van der Waals surface area contributed by atoms with Crippen LogP contribution in [0.25, 0.3) is 0 Å². The van der Waals surface area contributed by atoms with Gasteiger partial charge in [-0.15, -0.1) is 0 Å². The largest absolute Gasteiger partial charge is 0.460 e. The van der Waals surface area contributed by atoms with E-state index in [1.165, 1.54) is 5.41 Å². The molecule has 0 aliphatic heterocycles. The van der Waals surface area contributed by atoms with Gasteiger partial charge in [0, 0.05) is 10.9 Å². The summed E-state index contributed by atoms with van der Waals surface area (Å²) in [7, 11) is 0. The molecular weight excluding hydrogens is 244 g/mol. The molecule has 0 radical (unpaired) electrons. The van der Waals surface area contributed by atoms with E-state index < -0.39 is 12.1 Å². The fraction of sp³-hybridized carbons (Fsp3) is 0.571. The maximum atomic E-state index is 10.9. The van der Waals surface area contributed by atoms with E-state index in [-0.39, 0.29) is 6.61 Å². The first kappa shape index (κ1) is 12.0. The number of esters is 1. The van der Waals surface area contributed by atoms with Gasteiger partial charge in [-0.3, -0.25) is 0 Å². The minimum absolute atomic E-state index is 0.00302. The van der Waals surface area contributed by atoms with Crippen molar-refractivity contribution in [2.45, 2.75) is 13.0 Å². The van der Waals surface area contributed by atoms with Gasteiger partial charge < -0.3 is 9.84 Å². The zero-order chi connectivity index (χ0) is 9.56. The summed E-state index contributed by atoms with van der Waals surface area (Å²) >= 11 is 6.84. The predicted molar refractivity (Wildman–Crippen MR) is 53.5 cm³/mol. The second-order valence-electron chi connectivity index (χ2n) is 2.22. The van der Waals surface area contributed by atoms with Crippen LogP contribution in [0.5, 0.6) is 0 Å². The van der Waals surface area contributed by atoms with E-state index >= 15 is 0 Å². The average Bonchev–Trinajstić information content (AvgIpc) is 2.11. The van der Waals surface area contributed by atoms with Gasteiger partial charge in [-0.05, 0) is 12.3 Å². The highest BCUT2D eigenvalue weighted by molar-refractivity contribution is 9.09. The number of hydrogen-bond acceptors (Lipinski definition) is 4. The second kappa shape index (κ2) is 6.51. The van der Waals surface area contributed by atoms with E-state index in [0.717, 1.165) is 0 Å². The average molecular weight is 255 g/mol. The number of aliphatic hydroxyl groups is 1. The monoisotopic (exact) mass is 254 g/mol. The molecule has 5 heteroatoms. The van der Waals surface area contributed by atoms with E-state index in [0.29, 0.717) is 10.9 Å². The molecule has 12 heavy (non-hydrogen) atoms. The molecule has 0 rings (SSSR count). The van der Waals surface area contributed by atoms with Crippen LogP contribution >= 0.6 is 28.6 Å². The summed E-state index contributed by atoms with van der Waals surface area (Å²) < 4.78 is 4.71. The molecule has 3 nitrogen and oxygen atoms in total. The molecule has 0 heterocycles. The Kier molecular flexibility index (Phi) is 6.51. The third-order valence-electron chi connectivity index (χ3n) is 1.10. The van der Waals surface area contributed by atoms with Crippen LogP contribution in [0.1, 0.15) is 6.92 Å². The van der Waals surface area contributed by atoms with Crippen molar-refractivity contribution in [3.63, 3.8) is 0 Å². The number of rotatable bonds is 4. The van der Waals surface area contributed by atoms with Gasteiger partial charge >= 0.3 is 5.97 Å².